The fraction of sp³-hybridized carbons (Fsp3) is 0.368. The molecule has 1 heterocycles. The predicted octanol–water partition coefficient (Wildman–Crippen LogP) is 5.35. The van der Waals surface area contributed by atoms with Crippen LogP contribution in [0, 0.1) is 18.3 Å². The molecule has 0 unspecified atom stereocenters. The molecule has 112 valence electrons. The van der Waals surface area contributed by atoms with E-state index >= 15 is 0 Å². The molecular formula is C19H20N2S. The van der Waals surface area contributed by atoms with Crippen molar-refractivity contribution in [1.29, 1.82) is 5.26 Å². The first kappa shape index (κ1) is 15.1. The summed E-state index contributed by atoms with van der Waals surface area (Å²) in [5.74, 6) is 0. The van der Waals surface area contributed by atoms with E-state index in [1.807, 2.05) is 17.8 Å². The Hall–Kier alpha value is -1.79. The van der Waals surface area contributed by atoms with Crippen molar-refractivity contribution in [3.8, 4) is 17.2 Å². The molecule has 3 rings (SSSR count). The molecule has 1 fully saturated rings. The number of hydrogen-bond donors (Lipinski definition) is 0. The van der Waals surface area contributed by atoms with Gasteiger partial charge in [-0.1, -0.05) is 49.1 Å². The normalized spacial score (nSPS) is 15.5. The summed E-state index contributed by atoms with van der Waals surface area (Å²) in [6, 6.07) is 12.8. The van der Waals surface area contributed by atoms with Gasteiger partial charge in [0.2, 0.25) is 0 Å². The molecule has 0 spiro atoms. The van der Waals surface area contributed by atoms with E-state index in [1.54, 1.807) is 6.20 Å². The number of nitrogens with zero attached hydrogens (tertiary/aromatic N) is 2. The third-order valence-electron chi connectivity index (χ3n) is 4.21. The maximum atomic E-state index is 9.44. The average molecular weight is 308 g/mol. The molecule has 0 amide bonds. The van der Waals surface area contributed by atoms with Crippen LogP contribution < -0.4 is 0 Å². The minimum atomic E-state index is 0.564. The molecule has 1 saturated carbocycles. The Morgan fingerprint density at radius 2 is 1.82 bits per heavy atom. The van der Waals surface area contributed by atoms with Crippen molar-refractivity contribution in [3.63, 3.8) is 0 Å². The number of benzene rings is 1. The van der Waals surface area contributed by atoms with E-state index in [1.165, 1.54) is 43.2 Å². The summed E-state index contributed by atoms with van der Waals surface area (Å²) in [5, 5.41) is 10.1. The maximum Gasteiger partial charge on any atom is 0.154 e. The van der Waals surface area contributed by atoms with E-state index in [0.717, 1.165) is 10.5 Å². The van der Waals surface area contributed by atoms with Crippen LogP contribution >= 0.6 is 11.8 Å². The largest absolute Gasteiger partial charge is 0.244 e. The van der Waals surface area contributed by atoms with Gasteiger partial charge in [0.1, 0.15) is 6.07 Å². The van der Waals surface area contributed by atoms with E-state index in [-0.39, 0.29) is 0 Å². The first-order valence-corrected chi connectivity index (χ1v) is 8.78. The summed E-state index contributed by atoms with van der Waals surface area (Å²) in [4.78, 5) is 5.34. The second-order valence-corrected chi connectivity index (χ2v) is 7.20. The summed E-state index contributed by atoms with van der Waals surface area (Å²) in [7, 11) is 0. The number of hydrogen-bond acceptors (Lipinski definition) is 3. The summed E-state index contributed by atoms with van der Waals surface area (Å²) in [6.07, 6.45) is 8.20. The number of aromatic nitrogens is 1. The zero-order chi connectivity index (χ0) is 15.4. The smallest absolute Gasteiger partial charge is 0.154 e. The molecule has 0 saturated heterocycles. The lowest BCUT2D eigenvalue weighted by molar-refractivity contribution is 0.516. The van der Waals surface area contributed by atoms with Crippen LogP contribution in [0.2, 0.25) is 0 Å². The van der Waals surface area contributed by atoms with E-state index < -0.39 is 0 Å². The standard InChI is InChI=1S/C19H20N2S/c1-14-7-9-15(10-8-14)17-11-12-21-18(13-20)19(17)22-16-5-3-2-4-6-16/h7-12,16H,2-6H2,1H3. The molecule has 0 atom stereocenters. The molecule has 22 heavy (non-hydrogen) atoms. The first-order valence-electron chi connectivity index (χ1n) is 7.91. The summed E-state index contributed by atoms with van der Waals surface area (Å²) in [5.41, 5.74) is 4.12. The van der Waals surface area contributed by atoms with Crippen LogP contribution in [0.1, 0.15) is 43.4 Å². The van der Waals surface area contributed by atoms with Crippen LogP contribution in [0.25, 0.3) is 11.1 Å². The van der Waals surface area contributed by atoms with Crippen LogP contribution in [-0.2, 0) is 0 Å². The van der Waals surface area contributed by atoms with Gasteiger partial charge in [-0.25, -0.2) is 4.98 Å². The lowest BCUT2D eigenvalue weighted by Crippen LogP contribution is -2.08. The molecule has 1 aliphatic carbocycles. The second-order valence-electron chi connectivity index (χ2n) is 5.89. The van der Waals surface area contributed by atoms with Gasteiger partial charge in [0, 0.05) is 11.4 Å². The molecule has 0 N–H and O–H groups in total. The lowest BCUT2D eigenvalue weighted by atomic mass is 10.0. The maximum absolute atomic E-state index is 9.44. The molecule has 3 heteroatoms. The fourth-order valence-electron chi connectivity index (χ4n) is 2.96. The molecular weight excluding hydrogens is 288 g/mol. The van der Waals surface area contributed by atoms with Gasteiger partial charge in [-0.05, 0) is 37.0 Å². The fourth-order valence-corrected chi connectivity index (χ4v) is 4.38. The molecule has 0 aliphatic heterocycles. The summed E-state index contributed by atoms with van der Waals surface area (Å²) >= 11 is 1.86. The van der Waals surface area contributed by atoms with Gasteiger partial charge in [-0.3, -0.25) is 0 Å². The molecule has 1 aromatic heterocycles. The third kappa shape index (κ3) is 3.34. The van der Waals surface area contributed by atoms with Crippen molar-refractivity contribution >= 4 is 11.8 Å². The second kappa shape index (κ2) is 6.98. The van der Waals surface area contributed by atoms with Crippen molar-refractivity contribution in [2.75, 3.05) is 0 Å². The van der Waals surface area contributed by atoms with E-state index in [9.17, 15) is 5.26 Å². The SMILES string of the molecule is Cc1ccc(-c2ccnc(C#N)c2SC2CCCCC2)cc1. The van der Waals surface area contributed by atoms with Crippen molar-refractivity contribution in [1.82, 2.24) is 4.98 Å². The highest BCUT2D eigenvalue weighted by atomic mass is 32.2. The number of nitriles is 1. The topological polar surface area (TPSA) is 36.7 Å². The van der Waals surface area contributed by atoms with Crippen LogP contribution in [0.3, 0.4) is 0 Å². The van der Waals surface area contributed by atoms with Crippen molar-refractivity contribution in [2.24, 2.45) is 0 Å². The van der Waals surface area contributed by atoms with Gasteiger partial charge in [0.15, 0.2) is 5.69 Å². The highest BCUT2D eigenvalue weighted by molar-refractivity contribution is 8.00. The minimum absolute atomic E-state index is 0.564. The van der Waals surface area contributed by atoms with E-state index in [0.29, 0.717) is 10.9 Å². The highest BCUT2D eigenvalue weighted by Crippen LogP contribution is 2.40. The number of aryl methyl sites for hydroxylation is 1. The Bertz CT molecular complexity index is 680. The summed E-state index contributed by atoms with van der Waals surface area (Å²) in [6.45, 7) is 2.09. The Kier molecular flexibility index (Phi) is 4.80. The van der Waals surface area contributed by atoms with Crippen molar-refractivity contribution in [3.05, 3.63) is 47.8 Å². The average Bonchev–Trinajstić information content (AvgIpc) is 2.57. The van der Waals surface area contributed by atoms with Gasteiger partial charge in [0.05, 0.1) is 4.90 Å². The zero-order valence-electron chi connectivity index (χ0n) is 12.9. The lowest BCUT2D eigenvalue weighted by Gasteiger charge is -2.22. The van der Waals surface area contributed by atoms with Crippen LogP contribution in [-0.4, -0.2) is 10.2 Å². The number of rotatable bonds is 3. The Labute approximate surface area is 136 Å². The van der Waals surface area contributed by atoms with E-state index in [4.69, 9.17) is 0 Å². The molecule has 0 bridgehead atoms. The predicted molar refractivity (Wildman–Crippen MR) is 91.9 cm³/mol. The molecule has 1 aromatic carbocycles. The van der Waals surface area contributed by atoms with Crippen LogP contribution in [0.5, 0.6) is 0 Å². The zero-order valence-corrected chi connectivity index (χ0v) is 13.7. The molecule has 2 nitrogen and oxygen atoms in total. The van der Waals surface area contributed by atoms with Crippen molar-refractivity contribution in [2.45, 2.75) is 49.2 Å². The quantitative estimate of drug-likeness (QED) is 0.766. The molecule has 2 aromatic rings. The highest BCUT2D eigenvalue weighted by Gasteiger charge is 2.19. The Balaban J connectivity index is 1.98. The van der Waals surface area contributed by atoms with Gasteiger partial charge >= 0.3 is 0 Å². The van der Waals surface area contributed by atoms with Gasteiger partial charge in [-0.2, -0.15) is 5.26 Å². The van der Waals surface area contributed by atoms with Gasteiger partial charge < -0.3 is 0 Å². The van der Waals surface area contributed by atoms with Crippen LogP contribution in [0.4, 0.5) is 0 Å². The molecule has 1 aliphatic rings. The Morgan fingerprint density at radius 1 is 1.09 bits per heavy atom. The van der Waals surface area contributed by atoms with Gasteiger partial charge in [-0.15, -0.1) is 11.8 Å². The molecule has 0 radical (unpaired) electrons. The monoisotopic (exact) mass is 308 g/mol. The number of thioether (sulfide) groups is 1. The Morgan fingerprint density at radius 3 is 2.50 bits per heavy atom. The number of pyridine rings is 1. The van der Waals surface area contributed by atoms with Crippen molar-refractivity contribution < 1.29 is 0 Å². The van der Waals surface area contributed by atoms with Crippen LogP contribution in [0.15, 0.2) is 41.4 Å². The minimum Gasteiger partial charge on any atom is -0.244 e. The van der Waals surface area contributed by atoms with E-state index in [2.05, 4.69) is 42.2 Å². The first-order chi connectivity index (χ1) is 10.8. The van der Waals surface area contributed by atoms with Gasteiger partial charge in [0.25, 0.3) is 0 Å². The summed E-state index contributed by atoms with van der Waals surface area (Å²) < 4.78 is 0. The third-order valence-corrected chi connectivity index (χ3v) is 5.66.